The molecule has 0 bridgehead atoms. The van der Waals surface area contributed by atoms with Gasteiger partial charge in [0.25, 0.3) is 0 Å². The van der Waals surface area contributed by atoms with Gasteiger partial charge in [0.1, 0.15) is 0 Å². The molecule has 0 aromatic heterocycles. The minimum Gasteiger partial charge on any atom is -0.349 e. The highest BCUT2D eigenvalue weighted by atomic mass is 16.2. The van der Waals surface area contributed by atoms with Crippen LogP contribution >= 0.6 is 0 Å². The van der Waals surface area contributed by atoms with E-state index in [2.05, 4.69) is 29.6 Å². The van der Waals surface area contributed by atoms with Crippen molar-refractivity contribution < 1.29 is 9.59 Å². The van der Waals surface area contributed by atoms with Crippen LogP contribution in [0.25, 0.3) is 0 Å². The topological polar surface area (TPSA) is 52.7 Å². The summed E-state index contributed by atoms with van der Waals surface area (Å²) < 4.78 is 0. The smallest absolute Gasteiger partial charge is 0.319 e. The summed E-state index contributed by atoms with van der Waals surface area (Å²) in [6.07, 6.45) is 6.39. The maximum atomic E-state index is 12.9. The van der Waals surface area contributed by atoms with Crippen molar-refractivity contribution in [3.63, 3.8) is 0 Å². The number of hydrogen-bond donors (Lipinski definition) is 1. The van der Waals surface area contributed by atoms with Crippen LogP contribution in [0.4, 0.5) is 4.79 Å². The van der Waals surface area contributed by atoms with Crippen LogP contribution < -0.4 is 5.32 Å². The standard InChI is InChI=1S/C21H31N3O2/c1-23(2)21(26)24-14-12-18(13-15-24)20(25)22-19(17-10-6-7-11-17)16-8-4-3-5-9-16/h3-5,8-9,17-19H,6-7,10-15H2,1-2H3,(H,22,25). The first-order valence-corrected chi connectivity index (χ1v) is 9.88. The molecule has 3 rings (SSSR count). The van der Waals surface area contributed by atoms with Gasteiger partial charge in [-0.05, 0) is 37.2 Å². The van der Waals surface area contributed by atoms with E-state index >= 15 is 0 Å². The highest BCUT2D eigenvalue weighted by molar-refractivity contribution is 5.80. The molecule has 0 radical (unpaired) electrons. The fourth-order valence-electron chi connectivity index (χ4n) is 4.31. The molecule has 1 unspecified atom stereocenters. The van der Waals surface area contributed by atoms with Gasteiger partial charge in [-0.25, -0.2) is 4.79 Å². The molecule has 142 valence electrons. The van der Waals surface area contributed by atoms with E-state index in [1.807, 2.05) is 11.0 Å². The number of carbonyl (C=O) groups excluding carboxylic acids is 2. The molecule has 2 aliphatic rings. The van der Waals surface area contributed by atoms with Crippen molar-refractivity contribution in [1.82, 2.24) is 15.1 Å². The fraction of sp³-hybridized carbons (Fsp3) is 0.619. The van der Waals surface area contributed by atoms with Crippen LogP contribution in [0.2, 0.25) is 0 Å². The second-order valence-corrected chi connectivity index (χ2v) is 7.88. The molecule has 26 heavy (non-hydrogen) atoms. The maximum absolute atomic E-state index is 12.9. The lowest BCUT2D eigenvalue weighted by Crippen LogP contribution is -2.47. The zero-order chi connectivity index (χ0) is 18.5. The van der Waals surface area contributed by atoms with E-state index in [1.165, 1.54) is 31.2 Å². The maximum Gasteiger partial charge on any atom is 0.319 e. The highest BCUT2D eigenvalue weighted by Crippen LogP contribution is 2.36. The number of amides is 3. The SMILES string of the molecule is CN(C)C(=O)N1CCC(C(=O)NC(c2ccccc2)C2CCCC2)CC1. The molecular formula is C21H31N3O2. The molecule has 1 aliphatic carbocycles. The highest BCUT2D eigenvalue weighted by Gasteiger charge is 2.32. The number of urea groups is 1. The molecule has 1 aliphatic heterocycles. The van der Waals surface area contributed by atoms with E-state index in [1.54, 1.807) is 19.0 Å². The molecule has 1 heterocycles. The second kappa shape index (κ2) is 8.56. The normalized spacial score (nSPS) is 20.0. The average molecular weight is 357 g/mol. The van der Waals surface area contributed by atoms with Crippen molar-refractivity contribution >= 4 is 11.9 Å². The molecule has 1 saturated heterocycles. The summed E-state index contributed by atoms with van der Waals surface area (Å²) in [4.78, 5) is 28.4. The average Bonchev–Trinajstić information content (AvgIpc) is 3.20. The molecule has 0 spiro atoms. The van der Waals surface area contributed by atoms with Gasteiger partial charge in [0.2, 0.25) is 5.91 Å². The minimum absolute atomic E-state index is 0.00817. The number of rotatable bonds is 4. The van der Waals surface area contributed by atoms with Gasteiger partial charge in [0.15, 0.2) is 0 Å². The van der Waals surface area contributed by atoms with Crippen LogP contribution in [0.5, 0.6) is 0 Å². The third-order valence-electron chi connectivity index (χ3n) is 5.85. The zero-order valence-electron chi connectivity index (χ0n) is 16.0. The molecular weight excluding hydrogens is 326 g/mol. The van der Waals surface area contributed by atoms with Gasteiger partial charge in [-0.2, -0.15) is 0 Å². The van der Waals surface area contributed by atoms with Gasteiger partial charge in [0, 0.05) is 33.1 Å². The lowest BCUT2D eigenvalue weighted by molar-refractivity contribution is -0.127. The van der Waals surface area contributed by atoms with E-state index in [9.17, 15) is 9.59 Å². The van der Waals surface area contributed by atoms with E-state index in [0.717, 1.165) is 12.8 Å². The number of carbonyl (C=O) groups is 2. The molecule has 3 amide bonds. The largest absolute Gasteiger partial charge is 0.349 e. The number of piperidine rings is 1. The van der Waals surface area contributed by atoms with Crippen molar-refractivity contribution in [2.75, 3.05) is 27.2 Å². The molecule has 1 aromatic rings. The molecule has 5 heteroatoms. The Labute approximate surface area is 156 Å². The number of likely N-dealkylation sites (tertiary alicyclic amines) is 1. The molecule has 1 saturated carbocycles. The summed E-state index contributed by atoms with van der Waals surface area (Å²) in [6, 6.07) is 10.5. The van der Waals surface area contributed by atoms with Crippen LogP contribution in [0.1, 0.15) is 50.1 Å². The predicted molar refractivity (Wildman–Crippen MR) is 103 cm³/mol. The van der Waals surface area contributed by atoms with E-state index < -0.39 is 0 Å². The Morgan fingerprint density at radius 2 is 1.65 bits per heavy atom. The third kappa shape index (κ3) is 4.37. The third-order valence-corrected chi connectivity index (χ3v) is 5.85. The van der Waals surface area contributed by atoms with Crippen molar-refractivity contribution in [1.29, 1.82) is 0 Å². The number of benzene rings is 1. The molecule has 1 atom stereocenters. The Kier molecular flexibility index (Phi) is 6.17. The van der Waals surface area contributed by atoms with Gasteiger partial charge in [-0.15, -0.1) is 0 Å². The Hall–Kier alpha value is -2.04. The van der Waals surface area contributed by atoms with Gasteiger partial charge < -0.3 is 15.1 Å². The van der Waals surface area contributed by atoms with Crippen molar-refractivity contribution in [3.05, 3.63) is 35.9 Å². The Bertz CT molecular complexity index is 603. The van der Waals surface area contributed by atoms with E-state index in [-0.39, 0.29) is 23.9 Å². The van der Waals surface area contributed by atoms with Gasteiger partial charge in [-0.1, -0.05) is 43.2 Å². The first-order chi connectivity index (χ1) is 12.6. The predicted octanol–water partition coefficient (Wildman–Crippen LogP) is 3.43. The number of hydrogen-bond acceptors (Lipinski definition) is 2. The van der Waals surface area contributed by atoms with E-state index in [4.69, 9.17) is 0 Å². The van der Waals surface area contributed by atoms with Crippen molar-refractivity contribution in [2.45, 2.75) is 44.6 Å². The van der Waals surface area contributed by atoms with Crippen LogP contribution in [0.3, 0.4) is 0 Å². The molecule has 2 fully saturated rings. The van der Waals surface area contributed by atoms with Gasteiger partial charge in [0.05, 0.1) is 6.04 Å². The molecule has 1 N–H and O–H groups in total. The second-order valence-electron chi connectivity index (χ2n) is 7.88. The van der Waals surface area contributed by atoms with Crippen LogP contribution in [-0.2, 0) is 4.79 Å². The van der Waals surface area contributed by atoms with Crippen LogP contribution in [0.15, 0.2) is 30.3 Å². The van der Waals surface area contributed by atoms with Crippen LogP contribution in [0, 0.1) is 11.8 Å². The summed E-state index contributed by atoms with van der Waals surface area (Å²) in [5.74, 6) is 0.702. The summed E-state index contributed by atoms with van der Waals surface area (Å²) in [6.45, 7) is 1.32. The quantitative estimate of drug-likeness (QED) is 0.897. The Morgan fingerprint density at radius 3 is 2.23 bits per heavy atom. The number of nitrogens with one attached hydrogen (secondary N) is 1. The first kappa shape index (κ1) is 18.7. The summed E-state index contributed by atoms with van der Waals surface area (Å²) in [7, 11) is 3.54. The van der Waals surface area contributed by atoms with E-state index in [0.29, 0.717) is 19.0 Å². The van der Waals surface area contributed by atoms with Crippen molar-refractivity contribution in [3.8, 4) is 0 Å². The Morgan fingerprint density at radius 1 is 1.04 bits per heavy atom. The number of nitrogens with zero attached hydrogens (tertiary/aromatic N) is 2. The summed E-state index contributed by atoms with van der Waals surface area (Å²) >= 11 is 0. The van der Waals surface area contributed by atoms with Crippen molar-refractivity contribution in [2.24, 2.45) is 11.8 Å². The van der Waals surface area contributed by atoms with Crippen LogP contribution in [-0.4, -0.2) is 48.9 Å². The first-order valence-electron chi connectivity index (χ1n) is 9.88. The zero-order valence-corrected chi connectivity index (χ0v) is 16.0. The summed E-state index contributed by atoms with van der Waals surface area (Å²) in [5, 5.41) is 3.36. The monoisotopic (exact) mass is 357 g/mol. The molecule has 1 aromatic carbocycles. The fourth-order valence-corrected chi connectivity index (χ4v) is 4.31. The molecule has 5 nitrogen and oxygen atoms in total. The summed E-state index contributed by atoms with van der Waals surface area (Å²) in [5.41, 5.74) is 1.22. The van der Waals surface area contributed by atoms with Gasteiger partial charge >= 0.3 is 6.03 Å². The van der Waals surface area contributed by atoms with Gasteiger partial charge in [-0.3, -0.25) is 4.79 Å². The Balaban J connectivity index is 1.61. The lowest BCUT2D eigenvalue weighted by Gasteiger charge is -2.34. The lowest BCUT2D eigenvalue weighted by atomic mass is 9.89. The minimum atomic E-state index is 0.00817.